The normalized spacial score (nSPS) is 19.5. The maximum absolute atomic E-state index is 5.57. The molecule has 0 aliphatic carbocycles. The molecule has 1 heterocycles. The lowest BCUT2D eigenvalue weighted by molar-refractivity contribution is 0.0869. The molecule has 5 heteroatoms. The molecule has 18 heavy (non-hydrogen) atoms. The SMILES string of the molecule is CC(C)CN=C(NN)N1CCN(C(C)(C)C)CC1. The van der Waals surface area contributed by atoms with Gasteiger partial charge in [0.1, 0.15) is 0 Å². The number of nitrogens with zero attached hydrogens (tertiary/aromatic N) is 3. The highest BCUT2D eigenvalue weighted by Crippen LogP contribution is 2.15. The number of hydrogen-bond acceptors (Lipinski definition) is 3. The van der Waals surface area contributed by atoms with Crippen molar-refractivity contribution in [1.82, 2.24) is 15.2 Å². The highest BCUT2D eigenvalue weighted by atomic mass is 15.4. The first-order valence-electron chi connectivity index (χ1n) is 6.85. The zero-order valence-electron chi connectivity index (χ0n) is 12.5. The highest BCUT2D eigenvalue weighted by Gasteiger charge is 2.26. The van der Waals surface area contributed by atoms with Crippen molar-refractivity contribution >= 4 is 5.96 Å². The summed E-state index contributed by atoms with van der Waals surface area (Å²) >= 11 is 0. The van der Waals surface area contributed by atoms with E-state index in [1.165, 1.54) is 0 Å². The molecule has 1 saturated heterocycles. The van der Waals surface area contributed by atoms with Gasteiger partial charge in [-0.25, -0.2) is 5.84 Å². The van der Waals surface area contributed by atoms with E-state index in [2.05, 4.69) is 54.8 Å². The number of piperazine rings is 1. The fourth-order valence-corrected chi connectivity index (χ4v) is 2.10. The standard InChI is InChI=1S/C13H29N5/c1-11(2)10-15-12(16-14)17-6-8-18(9-7-17)13(3,4)5/h11H,6-10,14H2,1-5H3,(H,15,16). The molecule has 3 N–H and O–H groups in total. The Kier molecular flexibility index (Phi) is 5.41. The molecule has 5 nitrogen and oxygen atoms in total. The molecule has 0 spiro atoms. The quantitative estimate of drug-likeness (QED) is 0.333. The Hall–Kier alpha value is -0.810. The van der Waals surface area contributed by atoms with Crippen LogP contribution in [0.2, 0.25) is 0 Å². The molecule has 0 bridgehead atoms. The summed E-state index contributed by atoms with van der Waals surface area (Å²) < 4.78 is 0. The summed E-state index contributed by atoms with van der Waals surface area (Å²) in [5, 5.41) is 0. The van der Waals surface area contributed by atoms with Crippen molar-refractivity contribution in [2.75, 3.05) is 32.7 Å². The molecule has 0 radical (unpaired) electrons. The lowest BCUT2D eigenvalue weighted by Gasteiger charge is -2.42. The maximum atomic E-state index is 5.57. The van der Waals surface area contributed by atoms with Gasteiger partial charge in [0.05, 0.1) is 0 Å². The van der Waals surface area contributed by atoms with Crippen LogP contribution >= 0.6 is 0 Å². The number of rotatable bonds is 2. The van der Waals surface area contributed by atoms with Crippen molar-refractivity contribution in [3.63, 3.8) is 0 Å². The lowest BCUT2D eigenvalue weighted by atomic mass is 10.1. The third kappa shape index (κ3) is 4.46. The molecule has 0 aromatic carbocycles. The van der Waals surface area contributed by atoms with E-state index < -0.39 is 0 Å². The summed E-state index contributed by atoms with van der Waals surface area (Å²) in [6.07, 6.45) is 0. The van der Waals surface area contributed by atoms with Crippen LogP contribution < -0.4 is 11.3 Å². The second-order valence-corrected chi connectivity index (χ2v) is 6.35. The number of guanidine groups is 1. The predicted octanol–water partition coefficient (Wildman–Crippen LogP) is 0.878. The molecule has 0 aromatic heterocycles. The summed E-state index contributed by atoms with van der Waals surface area (Å²) in [4.78, 5) is 9.28. The van der Waals surface area contributed by atoms with Crippen molar-refractivity contribution in [3.05, 3.63) is 0 Å². The molecule has 106 valence electrons. The van der Waals surface area contributed by atoms with Crippen LogP contribution in [0.25, 0.3) is 0 Å². The first-order valence-corrected chi connectivity index (χ1v) is 6.85. The third-order valence-corrected chi connectivity index (χ3v) is 3.26. The number of nitrogens with two attached hydrogens (primary N) is 1. The minimum atomic E-state index is 0.247. The molecule has 1 rings (SSSR count). The van der Waals surface area contributed by atoms with E-state index in [0.29, 0.717) is 5.92 Å². The molecule has 0 amide bonds. The predicted molar refractivity (Wildman–Crippen MR) is 77.4 cm³/mol. The summed E-state index contributed by atoms with van der Waals surface area (Å²) in [7, 11) is 0. The molecular weight excluding hydrogens is 226 g/mol. The van der Waals surface area contributed by atoms with E-state index in [4.69, 9.17) is 5.84 Å². The Balaban J connectivity index is 2.52. The fraction of sp³-hybridized carbons (Fsp3) is 0.923. The van der Waals surface area contributed by atoms with E-state index in [-0.39, 0.29) is 5.54 Å². The molecule has 1 fully saturated rings. The summed E-state index contributed by atoms with van der Waals surface area (Å²) in [5.74, 6) is 6.96. The van der Waals surface area contributed by atoms with Crippen LogP contribution in [0.1, 0.15) is 34.6 Å². The van der Waals surface area contributed by atoms with Gasteiger partial charge in [0, 0.05) is 38.3 Å². The van der Waals surface area contributed by atoms with Crippen molar-refractivity contribution < 1.29 is 0 Å². The van der Waals surface area contributed by atoms with Gasteiger partial charge in [-0.3, -0.25) is 15.3 Å². The number of hydrogen-bond donors (Lipinski definition) is 2. The van der Waals surface area contributed by atoms with Crippen molar-refractivity contribution in [2.45, 2.75) is 40.2 Å². The first kappa shape index (κ1) is 15.2. The molecule has 0 atom stereocenters. The molecule has 0 unspecified atom stereocenters. The second kappa shape index (κ2) is 6.38. The van der Waals surface area contributed by atoms with Gasteiger partial charge in [-0.05, 0) is 26.7 Å². The van der Waals surface area contributed by atoms with Crippen LogP contribution in [-0.4, -0.2) is 54.0 Å². The van der Waals surface area contributed by atoms with Crippen molar-refractivity contribution in [1.29, 1.82) is 0 Å². The van der Waals surface area contributed by atoms with E-state index in [0.717, 1.165) is 38.7 Å². The van der Waals surface area contributed by atoms with Crippen LogP contribution in [0, 0.1) is 5.92 Å². The minimum Gasteiger partial charge on any atom is -0.339 e. The van der Waals surface area contributed by atoms with Gasteiger partial charge in [-0.1, -0.05) is 13.8 Å². The summed E-state index contributed by atoms with van der Waals surface area (Å²) in [5.41, 5.74) is 2.99. The van der Waals surface area contributed by atoms with E-state index in [9.17, 15) is 0 Å². The monoisotopic (exact) mass is 255 g/mol. The summed E-state index contributed by atoms with van der Waals surface area (Å²) in [6, 6.07) is 0. The van der Waals surface area contributed by atoms with Gasteiger partial charge < -0.3 is 4.90 Å². The maximum Gasteiger partial charge on any atom is 0.208 e. The van der Waals surface area contributed by atoms with Gasteiger partial charge >= 0.3 is 0 Å². The topological polar surface area (TPSA) is 56.9 Å². The van der Waals surface area contributed by atoms with Crippen LogP contribution in [0.4, 0.5) is 0 Å². The third-order valence-electron chi connectivity index (χ3n) is 3.26. The average Bonchev–Trinajstić information content (AvgIpc) is 2.29. The minimum absolute atomic E-state index is 0.247. The Morgan fingerprint density at radius 2 is 1.78 bits per heavy atom. The second-order valence-electron chi connectivity index (χ2n) is 6.35. The zero-order chi connectivity index (χ0) is 13.8. The van der Waals surface area contributed by atoms with Gasteiger partial charge in [-0.15, -0.1) is 0 Å². The van der Waals surface area contributed by atoms with E-state index >= 15 is 0 Å². The van der Waals surface area contributed by atoms with E-state index in [1.54, 1.807) is 0 Å². The number of hydrazine groups is 1. The fourth-order valence-electron chi connectivity index (χ4n) is 2.10. The van der Waals surface area contributed by atoms with E-state index in [1.807, 2.05) is 0 Å². The van der Waals surface area contributed by atoms with Crippen molar-refractivity contribution in [2.24, 2.45) is 16.8 Å². The lowest BCUT2D eigenvalue weighted by Crippen LogP contribution is -2.57. The van der Waals surface area contributed by atoms with Crippen molar-refractivity contribution in [3.8, 4) is 0 Å². The van der Waals surface area contributed by atoms with Gasteiger partial charge in [0.15, 0.2) is 0 Å². The van der Waals surface area contributed by atoms with Crippen LogP contribution in [0.5, 0.6) is 0 Å². The van der Waals surface area contributed by atoms with Crippen LogP contribution in [-0.2, 0) is 0 Å². The van der Waals surface area contributed by atoms with Gasteiger partial charge in [-0.2, -0.15) is 0 Å². The highest BCUT2D eigenvalue weighted by molar-refractivity contribution is 5.79. The molecule has 0 aromatic rings. The molecular formula is C13H29N5. The summed E-state index contributed by atoms with van der Waals surface area (Å²) in [6.45, 7) is 16.0. The Bertz CT molecular complexity index is 272. The largest absolute Gasteiger partial charge is 0.339 e. The number of aliphatic imine (C=N–C) groups is 1. The van der Waals surface area contributed by atoms with Gasteiger partial charge in [0.2, 0.25) is 5.96 Å². The molecule has 0 saturated carbocycles. The Morgan fingerprint density at radius 1 is 1.22 bits per heavy atom. The zero-order valence-corrected chi connectivity index (χ0v) is 12.5. The first-order chi connectivity index (χ1) is 8.34. The molecule has 1 aliphatic rings. The van der Waals surface area contributed by atoms with Crippen LogP contribution in [0.3, 0.4) is 0 Å². The smallest absolute Gasteiger partial charge is 0.208 e. The Labute approximate surface area is 111 Å². The number of nitrogens with one attached hydrogen (secondary N) is 1. The molecule has 1 aliphatic heterocycles. The van der Waals surface area contributed by atoms with Crippen LogP contribution in [0.15, 0.2) is 4.99 Å². The Morgan fingerprint density at radius 3 is 2.17 bits per heavy atom. The average molecular weight is 255 g/mol. The van der Waals surface area contributed by atoms with Gasteiger partial charge in [0.25, 0.3) is 0 Å².